The Morgan fingerprint density at radius 1 is 1.08 bits per heavy atom. The van der Waals surface area contributed by atoms with Crippen LogP contribution in [0.2, 0.25) is 0 Å². The minimum atomic E-state index is -0.395. The molecule has 3 aromatic rings. The number of piperazine rings is 1. The quantitative estimate of drug-likeness (QED) is 0.783. The van der Waals surface area contributed by atoms with Crippen molar-refractivity contribution in [2.24, 2.45) is 5.73 Å². The van der Waals surface area contributed by atoms with Gasteiger partial charge < -0.3 is 15.1 Å². The molecule has 1 saturated heterocycles. The van der Waals surface area contributed by atoms with Crippen molar-refractivity contribution in [2.45, 2.75) is 13.0 Å². The van der Waals surface area contributed by atoms with E-state index in [0.29, 0.717) is 5.56 Å². The summed E-state index contributed by atoms with van der Waals surface area (Å²) >= 11 is 0. The van der Waals surface area contributed by atoms with Crippen LogP contribution in [0, 0.1) is 0 Å². The number of primary amides is 1. The number of nitrogens with two attached hydrogens (primary N) is 1. The summed E-state index contributed by atoms with van der Waals surface area (Å²) in [5.74, 6) is 0.374. The monoisotopic (exact) mass is 350 g/mol. The minimum absolute atomic E-state index is 0.141. The number of hydrogen-bond donors (Lipinski definition) is 1. The zero-order chi connectivity index (χ0) is 18.1. The maximum atomic E-state index is 11.2. The van der Waals surface area contributed by atoms with Gasteiger partial charge in [-0.05, 0) is 43.3 Å². The van der Waals surface area contributed by atoms with Gasteiger partial charge in [-0.15, -0.1) is 0 Å². The highest BCUT2D eigenvalue weighted by molar-refractivity contribution is 5.93. The molecule has 2 heterocycles. The van der Waals surface area contributed by atoms with Crippen molar-refractivity contribution in [1.82, 2.24) is 9.88 Å². The van der Waals surface area contributed by atoms with Crippen LogP contribution in [-0.2, 0) is 0 Å². The molecule has 6 nitrogen and oxygen atoms in total. The number of amides is 1. The van der Waals surface area contributed by atoms with E-state index in [2.05, 4.69) is 21.7 Å². The molecule has 134 valence electrons. The number of aromatic nitrogens is 1. The van der Waals surface area contributed by atoms with Crippen LogP contribution < -0.4 is 10.6 Å². The van der Waals surface area contributed by atoms with E-state index in [1.807, 2.05) is 36.4 Å². The molecule has 1 aliphatic rings. The Morgan fingerprint density at radius 2 is 1.77 bits per heavy atom. The molecule has 0 aliphatic carbocycles. The van der Waals surface area contributed by atoms with E-state index in [4.69, 9.17) is 10.2 Å². The van der Waals surface area contributed by atoms with Gasteiger partial charge >= 0.3 is 0 Å². The molecule has 2 aromatic carbocycles. The highest BCUT2D eigenvalue weighted by atomic mass is 16.3. The topological polar surface area (TPSA) is 75.6 Å². The second-order valence-electron chi connectivity index (χ2n) is 6.63. The van der Waals surface area contributed by atoms with Gasteiger partial charge in [0.2, 0.25) is 11.8 Å². The van der Waals surface area contributed by atoms with Gasteiger partial charge in [0.25, 0.3) is 0 Å². The second kappa shape index (κ2) is 6.80. The summed E-state index contributed by atoms with van der Waals surface area (Å²) in [6.45, 7) is 5.83. The SMILES string of the molecule is C[C@H](c1nc2ccccc2o1)N1CCN(c2ccc(C(N)=O)cc2)CC1. The predicted octanol–water partition coefficient (Wildman–Crippen LogP) is 2.81. The first-order valence-electron chi connectivity index (χ1n) is 8.86. The number of oxazole rings is 1. The molecule has 0 bridgehead atoms. The summed E-state index contributed by atoms with van der Waals surface area (Å²) in [5, 5.41) is 0. The molecule has 2 N–H and O–H groups in total. The van der Waals surface area contributed by atoms with Gasteiger partial charge in [0.05, 0.1) is 6.04 Å². The number of carbonyl (C=O) groups excluding carboxylic acids is 1. The van der Waals surface area contributed by atoms with E-state index in [-0.39, 0.29) is 6.04 Å². The number of hydrogen-bond acceptors (Lipinski definition) is 5. The first-order valence-corrected chi connectivity index (χ1v) is 8.86. The van der Waals surface area contributed by atoms with Crippen LogP contribution >= 0.6 is 0 Å². The van der Waals surface area contributed by atoms with Crippen molar-refractivity contribution >= 4 is 22.7 Å². The standard InChI is InChI=1S/C20H22N4O2/c1-14(20-22-17-4-2-3-5-18(17)26-20)23-10-12-24(13-11-23)16-8-6-15(7-9-16)19(21)25/h2-9,14H,10-13H2,1H3,(H2,21,25)/t14-/m1/s1. The number of fused-ring (bicyclic) bond motifs is 1. The van der Waals surface area contributed by atoms with Crippen molar-refractivity contribution in [2.75, 3.05) is 31.1 Å². The van der Waals surface area contributed by atoms with Gasteiger partial charge in [0.1, 0.15) is 5.52 Å². The zero-order valence-electron chi connectivity index (χ0n) is 14.8. The highest BCUT2D eigenvalue weighted by Crippen LogP contribution is 2.26. The summed E-state index contributed by atoms with van der Waals surface area (Å²) < 4.78 is 5.92. The fourth-order valence-corrected chi connectivity index (χ4v) is 3.43. The second-order valence-corrected chi connectivity index (χ2v) is 6.63. The average Bonchev–Trinajstić information content (AvgIpc) is 3.12. The van der Waals surface area contributed by atoms with Crippen LogP contribution in [0.15, 0.2) is 52.9 Å². The first-order chi connectivity index (χ1) is 12.6. The third-order valence-corrected chi connectivity index (χ3v) is 5.05. The molecule has 0 unspecified atom stereocenters. The molecule has 26 heavy (non-hydrogen) atoms. The molecule has 6 heteroatoms. The first kappa shape index (κ1) is 16.6. The van der Waals surface area contributed by atoms with Crippen molar-refractivity contribution in [3.8, 4) is 0 Å². The molecule has 1 fully saturated rings. The number of nitrogens with zero attached hydrogens (tertiary/aromatic N) is 3. The van der Waals surface area contributed by atoms with E-state index in [9.17, 15) is 4.79 Å². The van der Waals surface area contributed by atoms with Crippen molar-refractivity contribution < 1.29 is 9.21 Å². The molecular weight excluding hydrogens is 328 g/mol. The molecule has 1 aliphatic heterocycles. The summed E-state index contributed by atoms with van der Waals surface area (Å²) in [4.78, 5) is 20.5. The van der Waals surface area contributed by atoms with Gasteiger partial charge in [-0.3, -0.25) is 9.69 Å². The third kappa shape index (κ3) is 3.15. The predicted molar refractivity (Wildman–Crippen MR) is 101 cm³/mol. The number of para-hydroxylation sites is 2. The Hall–Kier alpha value is -2.86. The molecule has 4 rings (SSSR count). The Morgan fingerprint density at radius 3 is 2.42 bits per heavy atom. The Balaban J connectivity index is 1.41. The van der Waals surface area contributed by atoms with Crippen LogP contribution in [0.3, 0.4) is 0 Å². The summed E-state index contributed by atoms with van der Waals surface area (Å²) in [7, 11) is 0. The third-order valence-electron chi connectivity index (χ3n) is 5.05. The maximum Gasteiger partial charge on any atom is 0.248 e. The smallest absolute Gasteiger partial charge is 0.248 e. The fourth-order valence-electron chi connectivity index (χ4n) is 3.43. The van der Waals surface area contributed by atoms with Crippen LogP contribution in [0.25, 0.3) is 11.1 Å². The van der Waals surface area contributed by atoms with E-state index >= 15 is 0 Å². The molecule has 0 saturated carbocycles. The van der Waals surface area contributed by atoms with Crippen LogP contribution in [0.1, 0.15) is 29.2 Å². The average molecular weight is 350 g/mol. The molecule has 1 aromatic heterocycles. The number of carbonyl (C=O) groups is 1. The Bertz CT molecular complexity index is 878. The molecule has 0 spiro atoms. The number of benzene rings is 2. The van der Waals surface area contributed by atoms with Gasteiger partial charge in [0.15, 0.2) is 5.58 Å². The molecule has 0 radical (unpaired) electrons. The molecular formula is C20H22N4O2. The fraction of sp³-hybridized carbons (Fsp3) is 0.300. The number of anilines is 1. The van der Waals surface area contributed by atoms with Crippen LogP contribution in [0.5, 0.6) is 0 Å². The molecule has 1 amide bonds. The van der Waals surface area contributed by atoms with Crippen molar-refractivity contribution in [3.05, 3.63) is 60.0 Å². The highest BCUT2D eigenvalue weighted by Gasteiger charge is 2.25. The Labute approximate surface area is 152 Å². The van der Waals surface area contributed by atoms with E-state index < -0.39 is 5.91 Å². The molecule has 1 atom stereocenters. The van der Waals surface area contributed by atoms with Crippen LogP contribution in [0.4, 0.5) is 5.69 Å². The summed E-state index contributed by atoms with van der Waals surface area (Å²) in [6, 6.07) is 15.5. The normalized spacial score (nSPS) is 16.7. The van der Waals surface area contributed by atoms with Crippen LogP contribution in [-0.4, -0.2) is 42.0 Å². The summed E-state index contributed by atoms with van der Waals surface area (Å²) in [6.07, 6.45) is 0. The van der Waals surface area contributed by atoms with E-state index in [1.54, 1.807) is 12.1 Å². The largest absolute Gasteiger partial charge is 0.439 e. The van der Waals surface area contributed by atoms with Gasteiger partial charge in [0, 0.05) is 37.4 Å². The maximum absolute atomic E-state index is 11.2. The lowest BCUT2D eigenvalue weighted by Gasteiger charge is -2.38. The van der Waals surface area contributed by atoms with Gasteiger partial charge in [-0.25, -0.2) is 4.98 Å². The van der Waals surface area contributed by atoms with Crippen molar-refractivity contribution in [1.29, 1.82) is 0 Å². The lowest BCUT2D eigenvalue weighted by Crippen LogP contribution is -2.47. The van der Waals surface area contributed by atoms with Gasteiger partial charge in [-0.1, -0.05) is 12.1 Å². The van der Waals surface area contributed by atoms with Gasteiger partial charge in [-0.2, -0.15) is 0 Å². The lowest BCUT2D eigenvalue weighted by molar-refractivity contribution is 0.100. The lowest BCUT2D eigenvalue weighted by atomic mass is 10.1. The van der Waals surface area contributed by atoms with E-state index in [0.717, 1.165) is 48.9 Å². The van der Waals surface area contributed by atoms with E-state index in [1.165, 1.54) is 0 Å². The number of rotatable bonds is 4. The zero-order valence-corrected chi connectivity index (χ0v) is 14.8. The summed E-state index contributed by atoms with van der Waals surface area (Å²) in [5.41, 5.74) is 8.70. The Kier molecular flexibility index (Phi) is 4.34. The van der Waals surface area contributed by atoms with Crippen molar-refractivity contribution in [3.63, 3.8) is 0 Å². The minimum Gasteiger partial charge on any atom is -0.439 e.